The highest BCUT2D eigenvalue weighted by atomic mass is 127. The van der Waals surface area contributed by atoms with Gasteiger partial charge in [0.05, 0.1) is 6.61 Å². The maximum absolute atomic E-state index is 11.8. The number of para-hydroxylation sites is 1. The minimum absolute atomic E-state index is 0. The van der Waals surface area contributed by atoms with E-state index < -0.39 is 0 Å². The quantitative estimate of drug-likeness (QED) is 0.336. The zero-order valence-electron chi connectivity index (χ0n) is 16.5. The molecule has 1 aromatic carbocycles. The summed E-state index contributed by atoms with van der Waals surface area (Å²) in [6.07, 6.45) is 4.57. The van der Waals surface area contributed by atoms with Gasteiger partial charge in [0.1, 0.15) is 0 Å². The van der Waals surface area contributed by atoms with E-state index in [1.54, 1.807) is 11.9 Å². The van der Waals surface area contributed by atoms with E-state index in [1.165, 1.54) is 16.5 Å². The second-order valence-electron chi connectivity index (χ2n) is 6.71. The van der Waals surface area contributed by atoms with Crippen molar-refractivity contribution in [2.75, 3.05) is 33.3 Å². The average molecular weight is 499 g/mol. The number of nitrogens with one attached hydrogen (secondary N) is 3. The zero-order valence-corrected chi connectivity index (χ0v) is 18.9. The summed E-state index contributed by atoms with van der Waals surface area (Å²) in [5.41, 5.74) is 2.47. The van der Waals surface area contributed by atoms with Crippen molar-refractivity contribution in [1.29, 1.82) is 0 Å². The number of carbonyl (C=O) groups excluding carboxylic acids is 1. The number of piperidine rings is 1. The lowest BCUT2D eigenvalue weighted by atomic mass is 10.1. The summed E-state index contributed by atoms with van der Waals surface area (Å²) in [4.78, 5) is 21.2. The first-order valence-electron chi connectivity index (χ1n) is 9.65. The van der Waals surface area contributed by atoms with Crippen molar-refractivity contribution in [3.63, 3.8) is 0 Å². The van der Waals surface area contributed by atoms with Gasteiger partial charge in [-0.15, -0.1) is 24.0 Å². The summed E-state index contributed by atoms with van der Waals surface area (Å²) < 4.78 is 5.07. The molecule has 154 valence electrons. The van der Waals surface area contributed by atoms with Crippen LogP contribution in [0.2, 0.25) is 0 Å². The Morgan fingerprint density at radius 2 is 2.07 bits per heavy atom. The van der Waals surface area contributed by atoms with E-state index in [0.717, 1.165) is 31.8 Å². The van der Waals surface area contributed by atoms with Gasteiger partial charge < -0.3 is 25.3 Å². The summed E-state index contributed by atoms with van der Waals surface area (Å²) in [7, 11) is 1.79. The number of ether oxygens (including phenoxy) is 1. The van der Waals surface area contributed by atoms with Gasteiger partial charge in [-0.1, -0.05) is 18.2 Å². The predicted molar refractivity (Wildman–Crippen MR) is 124 cm³/mol. The fourth-order valence-corrected chi connectivity index (χ4v) is 3.46. The lowest BCUT2D eigenvalue weighted by Gasteiger charge is -2.32. The van der Waals surface area contributed by atoms with Gasteiger partial charge in [0.2, 0.25) is 0 Å². The third-order valence-corrected chi connectivity index (χ3v) is 4.95. The van der Waals surface area contributed by atoms with Gasteiger partial charge in [-0.2, -0.15) is 0 Å². The van der Waals surface area contributed by atoms with Crippen molar-refractivity contribution >= 4 is 46.9 Å². The molecule has 8 heteroatoms. The van der Waals surface area contributed by atoms with Crippen molar-refractivity contribution in [3.8, 4) is 0 Å². The van der Waals surface area contributed by atoms with Gasteiger partial charge in [-0.05, 0) is 37.8 Å². The van der Waals surface area contributed by atoms with Crippen LogP contribution in [0.5, 0.6) is 0 Å². The Balaban J connectivity index is 0.00000280. The molecule has 3 rings (SSSR count). The molecule has 2 heterocycles. The molecule has 0 bridgehead atoms. The van der Waals surface area contributed by atoms with E-state index in [4.69, 9.17) is 4.74 Å². The van der Waals surface area contributed by atoms with Gasteiger partial charge in [0.15, 0.2) is 5.96 Å². The molecule has 0 unspecified atom stereocenters. The lowest BCUT2D eigenvalue weighted by molar-refractivity contribution is 0.0963. The van der Waals surface area contributed by atoms with Crippen LogP contribution < -0.4 is 10.6 Å². The molecule has 0 aliphatic carbocycles. The number of carbonyl (C=O) groups is 1. The van der Waals surface area contributed by atoms with E-state index in [0.29, 0.717) is 25.7 Å². The fraction of sp³-hybridized carbons (Fsp3) is 0.500. The number of guanidine groups is 1. The number of nitrogens with zero attached hydrogens (tertiary/aromatic N) is 2. The van der Waals surface area contributed by atoms with Crippen molar-refractivity contribution in [2.24, 2.45) is 4.99 Å². The number of amides is 1. The van der Waals surface area contributed by atoms with E-state index in [9.17, 15) is 4.79 Å². The number of hydrogen-bond donors (Lipinski definition) is 3. The van der Waals surface area contributed by atoms with Crippen molar-refractivity contribution in [2.45, 2.75) is 32.2 Å². The van der Waals surface area contributed by atoms with Crippen LogP contribution in [0.3, 0.4) is 0 Å². The highest BCUT2D eigenvalue weighted by Gasteiger charge is 2.23. The number of benzene rings is 1. The van der Waals surface area contributed by atoms with Crippen LogP contribution >= 0.6 is 24.0 Å². The average Bonchev–Trinajstić information content (AvgIpc) is 3.11. The smallest absolute Gasteiger partial charge is 0.409 e. The number of fused-ring (bicyclic) bond motifs is 1. The minimum atomic E-state index is -0.211. The molecule has 1 aromatic heterocycles. The van der Waals surface area contributed by atoms with Crippen LogP contribution in [0, 0.1) is 0 Å². The van der Waals surface area contributed by atoms with Gasteiger partial charge in [0, 0.05) is 49.8 Å². The van der Waals surface area contributed by atoms with Gasteiger partial charge in [0.25, 0.3) is 0 Å². The molecular formula is C20H30IN5O2. The number of aromatic amines is 1. The standard InChI is InChI=1S/C20H29N5O2.HI/c1-3-27-20(26)25-12-9-16(10-13-25)24-19(21-2)22-11-8-15-14-23-18-7-5-4-6-17(15)18;/h4-7,14,16,23H,3,8-13H2,1-2H3,(H2,21,22,24);1H. The van der Waals surface area contributed by atoms with Crippen LogP contribution in [0.1, 0.15) is 25.3 Å². The number of rotatable bonds is 5. The number of halogens is 1. The third-order valence-electron chi connectivity index (χ3n) is 4.95. The molecule has 1 fully saturated rings. The first-order valence-corrected chi connectivity index (χ1v) is 9.65. The summed E-state index contributed by atoms with van der Waals surface area (Å²) in [5, 5.41) is 8.13. The first-order chi connectivity index (χ1) is 13.2. The Morgan fingerprint density at radius 1 is 1.32 bits per heavy atom. The van der Waals surface area contributed by atoms with E-state index in [-0.39, 0.29) is 30.1 Å². The van der Waals surface area contributed by atoms with Crippen LogP contribution in [-0.2, 0) is 11.2 Å². The Kier molecular flexibility index (Phi) is 8.88. The van der Waals surface area contributed by atoms with Gasteiger partial charge in [-0.25, -0.2) is 4.79 Å². The Labute approximate surface area is 183 Å². The van der Waals surface area contributed by atoms with E-state index in [1.807, 2.05) is 13.0 Å². The Morgan fingerprint density at radius 3 is 2.79 bits per heavy atom. The molecule has 1 amide bonds. The molecule has 0 radical (unpaired) electrons. The van der Waals surface area contributed by atoms with Crippen LogP contribution in [0.15, 0.2) is 35.5 Å². The van der Waals surface area contributed by atoms with Crippen molar-refractivity contribution < 1.29 is 9.53 Å². The number of hydrogen-bond acceptors (Lipinski definition) is 3. The maximum Gasteiger partial charge on any atom is 0.409 e. The monoisotopic (exact) mass is 499 g/mol. The maximum atomic E-state index is 11.8. The number of H-pyrrole nitrogens is 1. The molecular weight excluding hydrogens is 469 g/mol. The summed E-state index contributed by atoms with van der Waals surface area (Å²) in [5.74, 6) is 0.810. The molecule has 0 saturated carbocycles. The molecule has 0 spiro atoms. The van der Waals surface area contributed by atoms with Crippen LogP contribution in [0.4, 0.5) is 4.79 Å². The summed E-state index contributed by atoms with van der Waals surface area (Å²) >= 11 is 0. The molecule has 1 aliphatic heterocycles. The van der Waals surface area contributed by atoms with Crippen molar-refractivity contribution in [3.05, 3.63) is 36.0 Å². The number of aliphatic imine (C=N–C) groups is 1. The van der Waals surface area contributed by atoms with Gasteiger partial charge >= 0.3 is 6.09 Å². The highest BCUT2D eigenvalue weighted by Crippen LogP contribution is 2.17. The lowest BCUT2D eigenvalue weighted by Crippen LogP contribution is -2.50. The molecule has 3 N–H and O–H groups in total. The van der Waals surface area contributed by atoms with Crippen molar-refractivity contribution in [1.82, 2.24) is 20.5 Å². The molecule has 1 saturated heterocycles. The summed E-state index contributed by atoms with van der Waals surface area (Å²) in [6, 6.07) is 8.66. The second-order valence-corrected chi connectivity index (χ2v) is 6.71. The second kappa shape index (κ2) is 11.1. The topological polar surface area (TPSA) is 81.8 Å². The molecule has 1 aliphatic rings. The minimum Gasteiger partial charge on any atom is -0.450 e. The molecule has 7 nitrogen and oxygen atoms in total. The van der Waals surface area contributed by atoms with E-state index >= 15 is 0 Å². The Hall–Kier alpha value is -1.97. The normalized spacial score (nSPS) is 15.2. The fourth-order valence-electron chi connectivity index (χ4n) is 3.46. The van der Waals surface area contributed by atoms with Gasteiger partial charge in [-0.3, -0.25) is 4.99 Å². The highest BCUT2D eigenvalue weighted by molar-refractivity contribution is 14.0. The van der Waals surface area contributed by atoms with Crippen LogP contribution in [-0.4, -0.2) is 61.3 Å². The van der Waals surface area contributed by atoms with E-state index in [2.05, 4.69) is 45.0 Å². The number of aromatic nitrogens is 1. The first kappa shape index (κ1) is 22.3. The molecule has 2 aromatic rings. The summed E-state index contributed by atoms with van der Waals surface area (Å²) in [6.45, 7) is 4.48. The molecule has 28 heavy (non-hydrogen) atoms. The number of likely N-dealkylation sites (tertiary alicyclic amines) is 1. The SMILES string of the molecule is CCOC(=O)N1CCC(NC(=NC)NCCc2c[nH]c3ccccc23)CC1.I. The largest absolute Gasteiger partial charge is 0.450 e. The van der Waals surface area contributed by atoms with Crippen LogP contribution in [0.25, 0.3) is 10.9 Å². The Bertz CT molecular complexity index is 784. The zero-order chi connectivity index (χ0) is 19.1. The predicted octanol–water partition coefficient (Wildman–Crippen LogP) is 3.11. The third kappa shape index (κ3) is 5.76. The molecule has 0 atom stereocenters.